The topological polar surface area (TPSA) is 54.9 Å². The van der Waals surface area contributed by atoms with Gasteiger partial charge in [0.1, 0.15) is 0 Å². The van der Waals surface area contributed by atoms with E-state index >= 15 is 0 Å². The van der Waals surface area contributed by atoms with Crippen LogP contribution in [0.3, 0.4) is 0 Å². The van der Waals surface area contributed by atoms with Crippen LogP contribution < -0.4 is 5.32 Å². The Morgan fingerprint density at radius 2 is 2.18 bits per heavy atom. The van der Waals surface area contributed by atoms with Crippen molar-refractivity contribution in [3.05, 3.63) is 23.0 Å². The van der Waals surface area contributed by atoms with Gasteiger partial charge in [0.2, 0.25) is 0 Å². The molecule has 0 bridgehead atoms. The van der Waals surface area contributed by atoms with Crippen LogP contribution in [-0.4, -0.2) is 27.5 Å². The van der Waals surface area contributed by atoms with Gasteiger partial charge < -0.3 is 5.32 Å². The standard InChI is InChI=1S/C12H16ClN3O/c1-8-6-10(9(2)16-15-8)11(17)14-12(7-13)4-3-5-12/h6H,3-5,7H2,1-2H3,(H,14,17). The number of hydrogen-bond donors (Lipinski definition) is 1. The number of carbonyl (C=O) groups excluding carboxylic acids is 1. The van der Waals surface area contributed by atoms with E-state index in [0.717, 1.165) is 25.0 Å². The monoisotopic (exact) mass is 253 g/mol. The summed E-state index contributed by atoms with van der Waals surface area (Å²) in [5.74, 6) is 0.371. The summed E-state index contributed by atoms with van der Waals surface area (Å²) in [7, 11) is 0. The van der Waals surface area contributed by atoms with E-state index in [1.165, 1.54) is 0 Å². The average molecular weight is 254 g/mol. The van der Waals surface area contributed by atoms with E-state index in [1.54, 1.807) is 13.0 Å². The number of aromatic nitrogens is 2. The molecule has 1 aliphatic rings. The second-order valence-corrected chi connectivity index (χ2v) is 4.97. The minimum Gasteiger partial charge on any atom is -0.345 e. The fourth-order valence-electron chi connectivity index (χ4n) is 1.98. The molecule has 1 aromatic heterocycles. The summed E-state index contributed by atoms with van der Waals surface area (Å²) in [5.41, 5.74) is 1.78. The molecule has 1 heterocycles. The van der Waals surface area contributed by atoms with Gasteiger partial charge in [0.05, 0.1) is 22.5 Å². The highest BCUT2D eigenvalue weighted by Crippen LogP contribution is 2.33. The van der Waals surface area contributed by atoms with Crippen molar-refractivity contribution in [2.45, 2.75) is 38.6 Å². The van der Waals surface area contributed by atoms with E-state index in [9.17, 15) is 4.79 Å². The number of aryl methyl sites for hydroxylation is 2. The summed E-state index contributed by atoms with van der Waals surface area (Å²) < 4.78 is 0. The Bertz CT molecular complexity index is 438. The molecule has 1 fully saturated rings. The highest BCUT2D eigenvalue weighted by atomic mass is 35.5. The van der Waals surface area contributed by atoms with Crippen molar-refractivity contribution < 1.29 is 4.79 Å². The molecule has 0 aromatic carbocycles. The number of halogens is 1. The Labute approximate surface area is 106 Å². The fourth-order valence-corrected chi connectivity index (χ4v) is 2.32. The summed E-state index contributed by atoms with van der Waals surface area (Å²) in [6.45, 7) is 3.61. The van der Waals surface area contributed by atoms with Crippen LogP contribution in [0.15, 0.2) is 6.07 Å². The molecular weight excluding hydrogens is 238 g/mol. The van der Waals surface area contributed by atoms with E-state index in [0.29, 0.717) is 17.1 Å². The summed E-state index contributed by atoms with van der Waals surface area (Å²) >= 11 is 5.92. The third-order valence-corrected chi connectivity index (χ3v) is 3.80. The van der Waals surface area contributed by atoms with Gasteiger partial charge in [-0.1, -0.05) is 0 Å². The molecule has 1 N–H and O–H groups in total. The molecule has 0 aliphatic heterocycles. The van der Waals surface area contributed by atoms with Gasteiger partial charge in [0.15, 0.2) is 0 Å². The molecule has 1 aromatic rings. The van der Waals surface area contributed by atoms with Crippen LogP contribution in [0, 0.1) is 13.8 Å². The quantitative estimate of drug-likeness (QED) is 0.838. The summed E-state index contributed by atoms with van der Waals surface area (Å²) in [4.78, 5) is 12.1. The largest absolute Gasteiger partial charge is 0.345 e. The maximum atomic E-state index is 12.1. The van der Waals surface area contributed by atoms with Crippen LogP contribution >= 0.6 is 11.6 Å². The molecule has 17 heavy (non-hydrogen) atoms. The Balaban J connectivity index is 2.17. The lowest BCUT2D eigenvalue weighted by Gasteiger charge is -2.41. The van der Waals surface area contributed by atoms with Gasteiger partial charge in [-0.3, -0.25) is 4.79 Å². The molecule has 4 nitrogen and oxygen atoms in total. The lowest BCUT2D eigenvalue weighted by molar-refractivity contribution is 0.0852. The Morgan fingerprint density at radius 1 is 1.47 bits per heavy atom. The van der Waals surface area contributed by atoms with E-state index < -0.39 is 0 Å². The fraction of sp³-hybridized carbons (Fsp3) is 0.583. The van der Waals surface area contributed by atoms with Crippen LogP contribution in [0.25, 0.3) is 0 Å². The molecule has 0 unspecified atom stereocenters. The van der Waals surface area contributed by atoms with Gasteiger partial charge in [-0.25, -0.2) is 0 Å². The van der Waals surface area contributed by atoms with E-state index in [2.05, 4.69) is 15.5 Å². The number of nitrogens with zero attached hydrogens (tertiary/aromatic N) is 2. The summed E-state index contributed by atoms with van der Waals surface area (Å²) in [5, 5.41) is 10.9. The van der Waals surface area contributed by atoms with Crippen molar-refractivity contribution in [3.63, 3.8) is 0 Å². The molecule has 0 radical (unpaired) electrons. The predicted octanol–water partition coefficient (Wildman–Crippen LogP) is 1.98. The Morgan fingerprint density at radius 3 is 2.71 bits per heavy atom. The first kappa shape index (κ1) is 12.3. The molecule has 5 heteroatoms. The zero-order chi connectivity index (χ0) is 12.5. The maximum absolute atomic E-state index is 12.1. The van der Waals surface area contributed by atoms with Gasteiger partial charge in [-0.2, -0.15) is 10.2 Å². The molecule has 0 atom stereocenters. The van der Waals surface area contributed by atoms with Gasteiger partial charge in [0, 0.05) is 5.88 Å². The van der Waals surface area contributed by atoms with Crippen molar-refractivity contribution >= 4 is 17.5 Å². The van der Waals surface area contributed by atoms with Crippen LogP contribution in [-0.2, 0) is 0 Å². The summed E-state index contributed by atoms with van der Waals surface area (Å²) in [6, 6.07) is 1.76. The highest BCUT2D eigenvalue weighted by molar-refractivity contribution is 6.19. The first-order valence-electron chi connectivity index (χ1n) is 5.76. The SMILES string of the molecule is Cc1cc(C(=O)NC2(CCl)CCC2)c(C)nn1. The minimum absolute atomic E-state index is 0.0964. The third-order valence-electron chi connectivity index (χ3n) is 3.29. The van der Waals surface area contributed by atoms with Crippen LogP contribution in [0.2, 0.25) is 0 Å². The number of rotatable bonds is 3. The molecule has 1 amide bonds. The molecule has 1 saturated carbocycles. The van der Waals surface area contributed by atoms with E-state index in [1.807, 2.05) is 6.92 Å². The van der Waals surface area contributed by atoms with Gasteiger partial charge >= 0.3 is 0 Å². The molecular formula is C12H16ClN3O. The first-order valence-corrected chi connectivity index (χ1v) is 6.29. The molecule has 1 aliphatic carbocycles. The zero-order valence-corrected chi connectivity index (χ0v) is 10.8. The molecule has 2 rings (SSSR count). The normalized spacial score (nSPS) is 17.4. The smallest absolute Gasteiger partial charge is 0.253 e. The number of nitrogens with one attached hydrogen (secondary N) is 1. The molecule has 0 saturated heterocycles. The average Bonchev–Trinajstić information content (AvgIpc) is 2.26. The number of hydrogen-bond acceptors (Lipinski definition) is 3. The van der Waals surface area contributed by atoms with Crippen LogP contribution in [0.5, 0.6) is 0 Å². The van der Waals surface area contributed by atoms with Crippen molar-refractivity contribution in [3.8, 4) is 0 Å². The molecule has 0 spiro atoms. The maximum Gasteiger partial charge on any atom is 0.253 e. The highest BCUT2D eigenvalue weighted by Gasteiger charge is 2.37. The second kappa shape index (κ2) is 4.61. The predicted molar refractivity (Wildman–Crippen MR) is 66.3 cm³/mol. The van der Waals surface area contributed by atoms with Crippen molar-refractivity contribution in [2.24, 2.45) is 0 Å². The number of amides is 1. The van der Waals surface area contributed by atoms with Gasteiger partial charge in [-0.05, 0) is 39.2 Å². The molecule has 92 valence electrons. The van der Waals surface area contributed by atoms with E-state index in [4.69, 9.17) is 11.6 Å². The Kier molecular flexibility index (Phi) is 3.33. The minimum atomic E-state index is -0.206. The van der Waals surface area contributed by atoms with E-state index in [-0.39, 0.29) is 11.4 Å². The van der Waals surface area contributed by atoms with Gasteiger partial charge in [0.25, 0.3) is 5.91 Å². The number of carbonyl (C=O) groups is 1. The zero-order valence-electron chi connectivity index (χ0n) is 10.1. The third kappa shape index (κ3) is 2.41. The lowest BCUT2D eigenvalue weighted by atomic mass is 9.78. The van der Waals surface area contributed by atoms with Crippen LogP contribution in [0.4, 0.5) is 0 Å². The summed E-state index contributed by atoms with van der Waals surface area (Å²) in [6.07, 6.45) is 3.04. The van der Waals surface area contributed by atoms with Crippen molar-refractivity contribution in [1.29, 1.82) is 0 Å². The van der Waals surface area contributed by atoms with Gasteiger partial charge in [-0.15, -0.1) is 11.6 Å². The first-order chi connectivity index (χ1) is 8.06. The lowest BCUT2D eigenvalue weighted by Crippen LogP contribution is -2.55. The second-order valence-electron chi connectivity index (χ2n) is 4.71. The van der Waals surface area contributed by atoms with Crippen molar-refractivity contribution in [1.82, 2.24) is 15.5 Å². The Hall–Kier alpha value is -1.16. The van der Waals surface area contributed by atoms with Crippen molar-refractivity contribution in [2.75, 3.05) is 5.88 Å². The van der Waals surface area contributed by atoms with Crippen LogP contribution in [0.1, 0.15) is 41.0 Å². The number of alkyl halides is 1.